The smallest absolute Gasteiger partial charge is 0.477 e. The van der Waals surface area contributed by atoms with Gasteiger partial charge in [0.05, 0.1) is 85.9 Å². The molecular formula is C72H131N3O69P4. The number of aliphatic hydroxyl groups is 33. The third-order valence-corrected chi connectivity index (χ3v) is 29.6. The van der Waals surface area contributed by atoms with Crippen molar-refractivity contribution in [3.05, 3.63) is 0 Å². The standard InChI is InChI=1S/C72H131N3O69P4/c73-1-4-120-145(111,112)142-27(16-84)54-33(93)34(94)60(138-68-46(106)57(143-146(113,114)121-5-2-74)45(105)48(128-68)18(85)8-76)70(134-54)137-59-47(107)69(135-56-22(141-148(117,118)144-147(115,116)122-6-3-75)7-72(110,71(108)109)140-51(56)21(88)11-79)130-50(20(87)10-78)61(59)139-67-44(104)37(97)55(28(127-67)17-119-62-41(101)38(98)58(49(129-62)19(86)9-77)136-64-40(100)32(92)30(90)24(13-81)124-64)133-66-43(103)36(96)53(26(15-83)126-66)132-65-42(102)35(95)52(25(14-82)125-65)131-63-39(99)31(91)29(89)23(12-80)123-63/h18-70,76-107,110H,1-17,73-75H2,(H,108,109)(H,111,112)(H,113,114)(H,115,116)(H,117,118)/t18-,19+,20-,21+,22+,23+,24+,25+,26+,27-,28+,29-,30-,31-,32-,33-,34-,35+,36+,37+,38+,39+,40+,41-,42+,43+,44+,45+,46-,47-,48+,49+,50+,51+,52-,53+,54+,55+,56+,57-,58-,59+,60-,61+,62-,63+,64-,65-,66-,67-,68+,69+,70+,72+/m0/s1. The Morgan fingerprint density at radius 2 is 0.649 bits per heavy atom. The van der Waals surface area contributed by atoms with Crippen LogP contribution in [-0.2, 0) is 145 Å². The van der Waals surface area contributed by atoms with Crippen molar-refractivity contribution in [2.45, 2.75) is 337 Å². The second-order valence-corrected chi connectivity index (χ2v) is 40.8. The van der Waals surface area contributed by atoms with Crippen molar-refractivity contribution < 1.29 is 338 Å². The van der Waals surface area contributed by atoms with Gasteiger partial charge >= 0.3 is 37.3 Å². The zero-order valence-corrected chi connectivity index (χ0v) is 80.4. The van der Waals surface area contributed by atoms with Crippen molar-refractivity contribution in [1.82, 2.24) is 0 Å². The third kappa shape index (κ3) is 29.9. The number of hydrogen-bond donors (Lipinski definition) is 41. The molecule has 0 bridgehead atoms. The normalized spacial score (nSPS) is 46.1. The van der Waals surface area contributed by atoms with Crippen LogP contribution in [0.25, 0.3) is 0 Å². The van der Waals surface area contributed by atoms with Crippen LogP contribution in [0.15, 0.2) is 0 Å². The van der Waals surface area contributed by atoms with E-state index < -0.39 is 480 Å². The van der Waals surface area contributed by atoms with Gasteiger partial charge in [-0.15, -0.1) is 0 Å². The fourth-order valence-corrected chi connectivity index (χ4v) is 21.3. The summed E-state index contributed by atoms with van der Waals surface area (Å²) in [5, 5.41) is 384. The molecule has 148 heavy (non-hydrogen) atoms. The van der Waals surface area contributed by atoms with E-state index in [9.17, 15) is 216 Å². The fraction of sp³-hybridized carbons (Fsp3) is 0.986. The molecule has 10 aliphatic rings. The Bertz CT molecular complexity index is 4210. The molecule has 0 aromatic rings. The summed E-state index contributed by atoms with van der Waals surface area (Å²) in [7, 11) is -23.8. The Morgan fingerprint density at radius 3 is 1.10 bits per heavy atom. The molecule has 72 nitrogen and oxygen atoms in total. The van der Waals surface area contributed by atoms with Crippen LogP contribution in [0, 0.1) is 0 Å². The Balaban J connectivity index is 1.10. The summed E-state index contributed by atoms with van der Waals surface area (Å²) in [6.45, 7) is -18.6. The minimum absolute atomic E-state index is 0.532. The maximum absolute atomic E-state index is 14.0. The van der Waals surface area contributed by atoms with Crippen LogP contribution in [-0.4, -0.2) is 636 Å². The molecular weight excluding hydrogens is 2130 g/mol. The summed E-state index contributed by atoms with van der Waals surface area (Å²) in [6, 6.07) is 0. The molecule has 58 atom stereocenters. The lowest BCUT2D eigenvalue weighted by Crippen LogP contribution is -2.71. The number of carboxylic acid groups (broad SMARTS) is 1. The first-order chi connectivity index (χ1) is 69.5. The molecule has 44 N–H and O–H groups in total. The summed E-state index contributed by atoms with van der Waals surface area (Å²) in [4.78, 5) is 56.3. The predicted octanol–water partition coefficient (Wildman–Crippen LogP) is -25.1. The SMILES string of the molecule is NCCOP(=O)(O)O[C@@H]1[C@H](O)[C@@H](O[C@@H]2[C@@H](O[C@@H]3[C@H](O)[C@@H](O[C@H]4[C@@H]([C@H](O)CO)O[C@@](O)(C(=O)O)C[C@H]4OP(=O)(O)OP(=O)(O)OCCN)O[C@H]([C@@H](O)CO)[C@H]3O[C@@H]3O[C@H](CO[C@H]4O[C@H]([C@H](O)CO)[C@@H](O[C@@H]5O[C@H](CO)[C@H](O)[C@H](O)[C@H]5O)[C@H](O)[C@@H]4O)[C@@H](O[C@@H]4O[C@H](CO)[C@@H](O[C@@H]5O[C@H](CO)[C@H](O[C@H]6O[C@H](CO)[C@H](O)[C@H](O)[C@H]6O)[C@H](O)[C@H]5O)[C@H](O)[C@H]4O)[C@H](O)[C@H]3O)O[C@H]([C@H](CO)OP(=O)(O)OCCN)[C@@H](O)[C@@H]2O)O[C@H]([C@@H](O)CO)[C@H]1O. The van der Waals surface area contributed by atoms with Crippen LogP contribution in [0.2, 0.25) is 0 Å². The third-order valence-electron chi connectivity index (χ3n) is 24.8. The van der Waals surface area contributed by atoms with Gasteiger partial charge in [0.15, 0.2) is 56.6 Å². The number of phosphoric acid groups is 4. The monoisotopic (exact) mass is 2270 g/mol. The van der Waals surface area contributed by atoms with Gasteiger partial charge in [0.1, 0.15) is 269 Å². The quantitative estimate of drug-likeness (QED) is 0.0252. The minimum atomic E-state index is -6.51. The highest BCUT2D eigenvalue weighted by Crippen LogP contribution is 2.62. The van der Waals surface area contributed by atoms with Crippen molar-refractivity contribution in [3.63, 3.8) is 0 Å². The molecule has 10 heterocycles. The second kappa shape index (κ2) is 55.2. The number of hydrogen-bond acceptors (Lipinski definition) is 67. The lowest BCUT2D eigenvalue weighted by Gasteiger charge is -2.53. The van der Waals surface area contributed by atoms with Crippen LogP contribution >= 0.6 is 31.3 Å². The first kappa shape index (κ1) is 128. The number of carboxylic acids is 1. The first-order valence-corrected chi connectivity index (χ1v) is 51.1. The molecule has 0 amide bonds. The van der Waals surface area contributed by atoms with Gasteiger partial charge in [-0.05, 0) is 0 Å². The van der Waals surface area contributed by atoms with E-state index in [1.165, 1.54) is 0 Å². The molecule has 10 fully saturated rings. The van der Waals surface area contributed by atoms with Gasteiger partial charge in [-0.2, -0.15) is 4.31 Å². The highest BCUT2D eigenvalue weighted by atomic mass is 31.3. The van der Waals surface area contributed by atoms with Gasteiger partial charge in [-0.3, -0.25) is 27.1 Å². The highest BCUT2D eigenvalue weighted by molar-refractivity contribution is 7.61. The van der Waals surface area contributed by atoms with Crippen molar-refractivity contribution >= 4 is 37.3 Å². The number of phosphoric ester groups is 4. The second-order valence-electron chi connectivity index (χ2n) is 35.0. The van der Waals surface area contributed by atoms with Crippen LogP contribution in [0.3, 0.4) is 0 Å². The average Bonchev–Trinajstić information content (AvgIpc) is 0.747. The zero-order chi connectivity index (χ0) is 110. The molecule has 0 spiro atoms. The van der Waals surface area contributed by atoms with Gasteiger partial charge in [0.2, 0.25) is 0 Å². The van der Waals surface area contributed by atoms with Crippen LogP contribution in [0.5, 0.6) is 0 Å². The maximum atomic E-state index is 14.0. The molecule has 0 saturated carbocycles. The molecule has 868 valence electrons. The Hall–Kier alpha value is -2.25. The van der Waals surface area contributed by atoms with E-state index >= 15 is 0 Å². The lowest BCUT2D eigenvalue weighted by atomic mass is 9.91. The molecule has 4 unspecified atom stereocenters. The molecule has 10 saturated heterocycles. The summed E-state index contributed by atoms with van der Waals surface area (Å²) in [6.07, 6.45) is -138. The highest BCUT2D eigenvalue weighted by Gasteiger charge is 2.66. The molecule has 0 radical (unpaired) electrons. The fourth-order valence-electron chi connectivity index (χ4n) is 17.2. The van der Waals surface area contributed by atoms with Crippen LogP contribution < -0.4 is 17.2 Å². The van der Waals surface area contributed by atoms with Crippen molar-refractivity contribution in [2.75, 3.05) is 106 Å². The van der Waals surface area contributed by atoms with Gasteiger partial charge in [-0.25, -0.2) is 23.1 Å². The van der Waals surface area contributed by atoms with E-state index in [-0.39, 0.29) is 0 Å². The molecule has 10 rings (SSSR count). The van der Waals surface area contributed by atoms with Gasteiger partial charge < -0.3 is 300 Å². The topological polar surface area (TPSA) is 1170 Å². The number of nitrogens with two attached hydrogens (primary N) is 3. The van der Waals surface area contributed by atoms with Gasteiger partial charge in [0.25, 0.3) is 5.79 Å². The van der Waals surface area contributed by atoms with Gasteiger partial charge in [0, 0.05) is 26.1 Å². The molecule has 0 aliphatic carbocycles. The summed E-state index contributed by atoms with van der Waals surface area (Å²) < 4.78 is 199. The Morgan fingerprint density at radius 1 is 0.311 bits per heavy atom. The number of aliphatic carboxylic acids is 1. The summed E-state index contributed by atoms with van der Waals surface area (Å²) >= 11 is 0. The van der Waals surface area contributed by atoms with Gasteiger partial charge in [-0.1, -0.05) is 0 Å². The number of aliphatic hydroxyl groups excluding tert-OH is 32. The van der Waals surface area contributed by atoms with Crippen LogP contribution in [0.1, 0.15) is 6.42 Å². The summed E-state index contributed by atoms with van der Waals surface area (Å²) in [5.74, 6) is -6.38. The van der Waals surface area contributed by atoms with E-state index in [0.717, 1.165) is 0 Å². The van der Waals surface area contributed by atoms with E-state index in [2.05, 4.69) is 8.83 Å². The molecule has 0 aromatic heterocycles. The minimum Gasteiger partial charge on any atom is -0.477 e. The van der Waals surface area contributed by atoms with Crippen molar-refractivity contribution in [3.8, 4) is 0 Å². The molecule has 76 heteroatoms. The predicted molar refractivity (Wildman–Crippen MR) is 447 cm³/mol. The largest absolute Gasteiger partial charge is 0.481 e. The van der Waals surface area contributed by atoms with E-state index in [1.807, 2.05) is 0 Å². The van der Waals surface area contributed by atoms with Crippen molar-refractivity contribution in [1.29, 1.82) is 0 Å². The molecule has 0 aromatic carbocycles. The number of ether oxygens (including phenoxy) is 19. The van der Waals surface area contributed by atoms with Crippen molar-refractivity contribution in [2.24, 2.45) is 17.2 Å². The van der Waals surface area contributed by atoms with E-state index in [1.54, 1.807) is 0 Å². The first-order valence-electron chi connectivity index (χ1n) is 45.1. The Labute approximate surface area is 832 Å². The number of rotatable bonds is 51. The van der Waals surface area contributed by atoms with E-state index in [4.69, 9.17) is 130 Å². The summed E-state index contributed by atoms with van der Waals surface area (Å²) in [5.41, 5.74) is 16.2. The van der Waals surface area contributed by atoms with E-state index in [0.29, 0.717) is 0 Å². The number of carbonyl (C=O) groups is 1. The van der Waals surface area contributed by atoms with Crippen LogP contribution in [0.4, 0.5) is 0 Å². The maximum Gasteiger partial charge on any atom is 0.481 e. The molecule has 10 aliphatic heterocycles. The average molecular weight is 2270 g/mol. The Kier molecular flexibility index (Phi) is 47.6. The lowest BCUT2D eigenvalue weighted by molar-refractivity contribution is -0.418. The zero-order valence-electron chi connectivity index (χ0n) is 76.8.